The lowest BCUT2D eigenvalue weighted by atomic mass is 10.2. The number of nitrogens with zero attached hydrogens (tertiary/aromatic N) is 4. The number of amides is 1. The van der Waals surface area contributed by atoms with Crippen LogP contribution < -0.4 is 10.1 Å². The van der Waals surface area contributed by atoms with Crippen molar-refractivity contribution in [3.8, 4) is 17.4 Å². The van der Waals surface area contributed by atoms with E-state index in [-0.39, 0.29) is 5.91 Å². The highest BCUT2D eigenvalue weighted by Gasteiger charge is 2.06. The van der Waals surface area contributed by atoms with E-state index < -0.39 is 0 Å². The van der Waals surface area contributed by atoms with E-state index in [0.717, 1.165) is 0 Å². The van der Waals surface area contributed by atoms with E-state index in [9.17, 15) is 4.79 Å². The predicted octanol–water partition coefficient (Wildman–Crippen LogP) is 3.71. The zero-order chi connectivity index (χ0) is 18.5. The number of aromatic nitrogens is 4. The highest BCUT2D eigenvalue weighted by Crippen LogP contribution is 2.22. The Balaban J connectivity index is 1.44. The molecule has 0 radical (unpaired) electrons. The number of anilines is 1. The van der Waals surface area contributed by atoms with Gasteiger partial charge in [0.2, 0.25) is 5.88 Å². The molecule has 4 rings (SSSR count). The van der Waals surface area contributed by atoms with Crippen molar-refractivity contribution in [1.29, 1.82) is 0 Å². The number of nitrogens with one attached hydrogen (secondary N) is 1. The Hall–Kier alpha value is -4.00. The molecule has 0 bridgehead atoms. The first-order valence-corrected chi connectivity index (χ1v) is 8.23. The maximum absolute atomic E-state index is 12.2. The number of rotatable bonds is 5. The third-order valence-electron chi connectivity index (χ3n) is 3.77. The Bertz CT molecular complexity index is 1030. The normalized spacial score (nSPS) is 10.4. The molecule has 0 aliphatic heterocycles. The minimum atomic E-state index is -0.162. The molecule has 0 spiro atoms. The molecule has 0 atom stereocenters. The van der Waals surface area contributed by atoms with Gasteiger partial charge in [-0.05, 0) is 36.4 Å². The molecule has 0 saturated heterocycles. The van der Waals surface area contributed by atoms with Crippen molar-refractivity contribution in [1.82, 2.24) is 19.5 Å². The van der Waals surface area contributed by atoms with Gasteiger partial charge in [-0.2, -0.15) is 0 Å². The van der Waals surface area contributed by atoms with Crippen molar-refractivity contribution in [2.24, 2.45) is 0 Å². The molecule has 0 aliphatic carbocycles. The molecule has 132 valence electrons. The molecule has 0 aliphatic rings. The van der Waals surface area contributed by atoms with Crippen molar-refractivity contribution in [3.05, 3.63) is 91.3 Å². The van der Waals surface area contributed by atoms with E-state index in [1.165, 1.54) is 6.33 Å². The molecule has 7 heteroatoms. The highest BCUT2D eigenvalue weighted by molar-refractivity contribution is 6.04. The summed E-state index contributed by atoms with van der Waals surface area (Å²) in [5.41, 5.74) is 1.28. The SMILES string of the molecule is O=C(Nc1ccc(Oc2cc(-n3ccnc3)ncn2)cc1)c1ccccc1. The quantitative estimate of drug-likeness (QED) is 0.589. The van der Waals surface area contributed by atoms with Crippen LogP contribution in [0.3, 0.4) is 0 Å². The molecule has 7 nitrogen and oxygen atoms in total. The first kappa shape index (κ1) is 16.5. The third kappa shape index (κ3) is 3.98. The zero-order valence-corrected chi connectivity index (χ0v) is 14.2. The van der Waals surface area contributed by atoms with E-state index in [1.54, 1.807) is 65.8 Å². The molecular formula is C20H15N5O2. The van der Waals surface area contributed by atoms with Gasteiger partial charge < -0.3 is 10.1 Å². The van der Waals surface area contributed by atoms with E-state index in [0.29, 0.717) is 28.7 Å². The molecule has 0 unspecified atom stereocenters. The van der Waals surface area contributed by atoms with E-state index >= 15 is 0 Å². The molecule has 1 amide bonds. The van der Waals surface area contributed by atoms with Crippen LogP contribution in [0.2, 0.25) is 0 Å². The van der Waals surface area contributed by atoms with Crippen molar-refractivity contribution in [2.75, 3.05) is 5.32 Å². The number of carbonyl (C=O) groups excluding carboxylic acids is 1. The second-order valence-electron chi connectivity index (χ2n) is 5.63. The van der Waals surface area contributed by atoms with E-state index in [4.69, 9.17) is 4.74 Å². The van der Waals surface area contributed by atoms with Crippen molar-refractivity contribution in [2.45, 2.75) is 0 Å². The lowest BCUT2D eigenvalue weighted by Crippen LogP contribution is -2.11. The first-order valence-electron chi connectivity index (χ1n) is 8.23. The minimum Gasteiger partial charge on any atom is -0.439 e. The summed E-state index contributed by atoms with van der Waals surface area (Å²) < 4.78 is 7.52. The van der Waals surface area contributed by atoms with Crippen molar-refractivity contribution < 1.29 is 9.53 Å². The number of imidazole rings is 1. The van der Waals surface area contributed by atoms with Crippen LogP contribution in [0.4, 0.5) is 5.69 Å². The monoisotopic (exact) mass is 357 g/mol. The second kappa shape index (κ2) is 7.49. The second-order valence-corrected chi connectivity index (χ2v) is 5.63. The van der Waals surface area contributed by atoms with Crippen LogP contribution >= 0.6 is 0 Å². The van der Waals surface area contributed by atoms with Crippen LogP contribution in [0.25, 0.3) is 5.82 Å². The van der Waals surface area contributed by atoms with Gasteiger partial charge in [0.15, 0.2) is 0 Å². The summed E-state index contributed by atoms with van der Waals surface area (Å²) in [5, 5.41) is 2.85. The van der Waals surface area contributed by atoms with Gasteiger partial charge in [0.25, 0.3) is 5.91 Å². The van der Waals surface area contributed by atoms with Crippen LogP contribution in [-0.2, 0) is 0 Å². The van der Waals surface area contributed by atoms with Gasteiger partial charge in [0.05, 0.1) is 0 Å². The smallest absolute Gasteiger partial charge is 0.255 e. The molecule has 0 fully saturated rings. The number of hydrogen-bond acceptors (Lipinski definition) is 5. The van der Waals surface area contributed by atoms with Crippen molar-refractivity contribution in [3.63, 3.8) is 0 Å². The average Bonchev–Trinajstić information content (AvgIpc) is 3.25. The van der Waals surface area contributed by atoms with Crippen LogP contribution in [0.5, 0.6) is 11.6 Å². The summed E-state index contributed by atoms with van der Waals surface area (Å²) in [7, 11) is 0. The van der Waals surface area contributed by atoms with Gasteiger partial charge >= 0.3 is 0 Å². The van der Waals surface area contributed by atoms with Crippen molar-refractivity contribution >= 4 is 11.6 Å². The maximum Gasteiger partial charge on any atom is 0.255 e. The van der Waals surface area contributed by atoms with Gasteiger partial charge in [0.1, 0.15) is 24.2 Å². The number of hydrogen-bond donors (Lipinski definition) is 1. The minimum absolute atomic E-state index is 0.162. The predicted molar refractivity (Wildman–Crippen MR) is 100 cm³/mol. The van der Waals surface area contributed by atoms with E-state index in [1.807, 2.05) is 18.2 Å². The fourth-order valence-electron chi connectivity index (χ4n) is 2.44. The fraction of sp³-hybridized carbons (Fsp3) is 0. The summed E-state index contributed by atoms with van der Waals surface area (Å²) >= 11 is 0. The third-order valence-corrected chi connectivity index (χ3v) is 3.77. The Labute approximate surface area is 155 Å². The Morgan fingerprint density at radius 2 is 1.81 bits per heavy atom. The summed E-state index contributed by atoms with van der Waals surface area (Å²) in [4.78, 5) is 24.5. The standard InChI is InChI=1S/C20H15N5O2/c26-20(15-4-2-1-3-5-15)24-16-6-8-17(9-7-16)27-19-12-18(22-13-23-19)25-11-10-21-14-25/h1-14H,(H,24,26). The van der Waals surface area contributed by atoms with E-state index in [2.05, 4.69) is 20.3 Å². The lowest BCUT2D eigenvalue weighted by Gasteiger charge is -2.08. The molecule has 4 aromatic rings. The van der Waals surface area contributed by atoms with Crippen LogP contribution in [0.15, 0.2) is 85.7 Å². The largest absolute Gasteiger partial charge is 0.439 e. The van der Waals surface area contributed by atoms with Gasteiger partial charge in [-0.25, -0.2) is 15.0 Å². The highest BCUT2D eigenvalue weighted by atomic mass is 16.5. The molecule has 2 aromatic carbocycles. The number of carbonyl (C=O) groups is 1. The molecule has 1 N–H and O–H groups in total. The number of benzene rings is 2. The molecule has 2 heterocycles. The Morgan fingerprint density at radius 3 is 2.56 bits per heavy atom. The van der Waals surface area contributed by atoms with Crippen LogP contribution in [0.1, 0.15) is 10.4 Å². The average molecular weight is 357 g/mol. The molecule has 0 saturated carbocycles. The Kier molecular flexibility index (Phi) is 4.57. The topological polar surface area (TPSA) is 81.9 Å². The summed E-state index contributed by atoms with van der Waals surface area (Å²) in [6, 6.07) is 17.8. The fourth-order valence-corrected chi connectivity index (χ4v) is 2.44. The summed E-state index contributed by atoms with van der Waals surface area (Å²) in [6.45, 7) is 0. The van der Waals surface area contributed by atoms with Crippen LogP contribution in [-0.4, -0.2) is 25.4 Å². The zero-order valence-electron chi connectivity index (χ0n) is 14.2. The maximum atomic E-state index is 12.2. The van der Waals surface area contributed by atoms with Gasteiger partial charge in [-0.15, -0.1) is 0 Å². The summed E-state index contributed by atoms with van der Waals surface area (Å²) in [5.74, 6) is 1.51. The molecular weight excluding hydrogens is 342 g/mol. The lowest BCUT2D eigenvalue weighted by molar-refractivity contribution is 0.102. The first-order chi connectivity index (χ1) is 13.3. The van der Waals surface area contributed by atoms with Gasteiger partial charge in [-0.3, -0.25) is 9.36 Å². The summed E-state index contributed by atoms with van der Waals surface area (Å²) in [6.07, 6.45) is 6.54. The Morgan fingerprint density at radius 1 is 1.00 bits per heavy atom. The van der Waals surface area contributed by atoms with Gasteiger partial charge in [0, 0.05) is 29.7 Å². The van der Waals surface area contributed by atoms with Crippen LogP contribution in [0, 0.1) is 0 Å². The molecule has 27 heavy (non-hydrogen) atoms. The number of ether oxygens (including phenoxy) is 1. The molecule has 2 aromatic heterocycles. The van der Waals surface area contributed by atoms with Gasteiger partial charge in [-0.1, -0.05) is 18.2 Å².